The smallest absolute Gasteiger partial charge is 0.477 e. The molecule has 1 amide bonds. The summed E-state index contributed by atoms with van der Waals surface area (Å²) in [5.41, 5.74) is -0.0648. The molecule has 30 heavy (non-hydrogen) atoms. The summed E-state index contributed by atoms with van der Waals surface area (Å²) in [6.45, 7) is 1.75. The number of aromatic nitrogens is 1. The zero-order valence-electron chi connectivity index (χ0n) is 16.3. The molecule has 8 nitrogen and oxygen atoms in total. The van der Waals surface area contributed by atoms with Crippen molar-refractivity contribution in [3.63, 3.8) is 0 Å². The number of carbonyl (C=O) groups is 2. The van der Waals surface area contributed by atoms with Gasteiger partial charge in [0.1, 0.15) is 5.75 Å². The number of halogens is 3. The molecule has 1 N–H and O–H groups in total. The molecule has 1 aromatic rings. The lowest BCUT2D eigenvalue weighted by Crippen LogP contribution is -2.37. The Hall–Kier alpha value is -2.37. The van der Waals surface area contributed by atoms with Gasteiger partial charge < -0.3 is 14.7 Å². The van der Waals surface area contributed by atoms with Crippen LogP contribution in [0.2, 0.25) is 0 Å². The van der Waals surface area contributed by atoms with Gasteiger partial charge in [0.05, 0.1) is 6.61 Å². The second-order valence-corrected chi connectivity index (χ2v) is 9.70. The summed E-state index contributed by atoms with van der Waals surface area (Å²) in [6, 6.07) is 5.54. The highest BCUT2D eigenvalue weighted by Gasteiger charge is 2.51. The van der Waals surface area contributed by atoms with Gasteiger partial charge in [-0.1, -0.05) is 12.5 Å². The fourth-order valence-corrected chi connectivity index (χ4v) is 4.44. The Morgan fingerprint density at radius 1 is 1.37 bits per heavy atom. The fraction of sp³-hybridized carbons (Fsp3) is 0.611. The number of sulfone groups is 1. The average Bonchev–Trinajstić information content (AvgIpc) is 3.16. The zero-order chi connectivity index (χ0) is 22.6. The largest absolute Gasteiger partial charge is 0.490 e. The quantitative estimate of drug-likeness (QED) is 0.724. The Kier molecular flexibility index (Phi) is 7.32. The number of amides is 1. The highest BCUT2D eigenvalue weighted by atomic mass is 32.2. The number of hydrogen-bond acceptors (Lipinski definition) is 6. The Balaban J connectivity index is 0.000000396. The van der Waals surface area contributed by atoms with Crippen LogP contribution >= 0.6 is 0 Å². The standard InChI is InChI=1S/C16H22N2O4S.C2HF3O2/c1-23(20,21)10-15(19)18-9-13-5-4-7-16(13,11-18)12-22-14-6-2-3-8-17-14;3-2(4,5)1(6)7/h2-3,6,8,13H,4-5,7,9-12H2,1H3;(H,6,7)/t13-,16+;/m1./s1. The van der Waals surface area contributed by atoms with Crippen LogP contribution < -0.4 is 4.74 Å². The van der Waals surface area contributed by atoms with Crippen molar-refractivity contribution in [2.45, 2.75) is 25.4 Å². The highest BCUT2D eigenvalue weighted by molar-refractivity contribution is 7.91. The van der Waals surface area contributed by atoms with Crippen LogP contribution in [0.5, 0.6) is 5.88 Å². The second kappa shape index (κ2) is 9.19. The lowest BCUT2D eigenvalue weighted by atomic mass is 9.82. The molecule has 3 rings (SSSR count). The minimum atomic E-state index is -5.08. The number of ether oxygens (including phenoxy) is 1. The van der Waals surface area contributed by atoms with E-state index in [2.05, 4.69) is 4.98 Å². The van der Waals surface area contributed by atoms with Crippen molar-refractivity contribution in [3.8, 4) is 5.88 Å². The van der Waals surface area contributed by atoms with Gasteiger partial charge in [0.15, 0.2) is 9.84 Å². The molecule has 12 heteroatoms. The Labute approximate surface area is 172 Å². The molecule has 0 spiro atoms. The van der Waals surface area contributed by atoms with Crippen LogP contribution in [0, 0.1) is 11.3 Å². The first-order valence-corrected chi connectivity index (χ1v) is 11.2. The number of carbonyl (C=O) groups excluding carboxylic acids is 1. The van der Waals surface area contributed by atoms with Crippen molar-refractivity contribution >= 4 is 21.7 Å². The molecule has 1 aromatic heterocycles. The van der Waals surface area contributed by atoms with Gasteiger partial charge in [-0.2, -0.15) is 13.2 Å². The summed E-state index contributed by atoms with van der Waals surface area (Å²) in [5.74, 6) is -2.48. The van der Waals surface area contributed by atoms with Crippen molar-refractivity contribution in [3.05, 3.63) is 24.4 Å². The molecule has 1 aliphatic carbocycles. The topological polar surface area (TPSA) is 114 Å². The average molecular weight is 452 g/mol. The SMILES string of the molecule is CS(=O)(=O)CC(=O)N1C[C@H]2CCC[C@@]2(COc2ccccn2)C1.O=C(O)C(F)(F)F. The van der Waals surface area contributed by atoms with E-state index in [0.29, 0.717) is 31.5 Å². The van der Waals surface area contributed by atoms with Gasteiger partial charge in [0.2, 0.25) is 11.8 Å². The van der Waals surface area contributed by atoms with Gasteiger partial charge in [-0.05, 0) is 24.8 Å². The molecule has 0 aromatic carbocycles. The molecule has 1 saturated carbocycles. The first kappa shape index (κ1) is 23.9. The lowest BCUT2D eigenvalue weighted by molar-refractivity contribution is -0.192. The number of rotatable bonds is 5. The number of likely N-dealkylation sites (tertiary alicyclic amines) is 1. The van der Waals surface area contributed by atoms with Gasteiger partial charge in [-0.25, -0.2) is 18.2 Å². The van der Waals surface area contributed by atoms with Crippen LogP contribution in [-0.4, -0.2) is 73.2 Å². The Morgan fingerprint density at radius 2 is 2.03 bits per heavy atom. The second-order valence-electron chi connectivity index (χ2n) is 7.56. The number of pyridine rings is 1. The predicted molar refractivity (Wildman–Crippen MR) is 99.5 cm³/mol. The number of carboxylic acid groups (broad SMARTS) is 1. The highest BCUT2D eigenvalue weighted by Crippen LogP contribution is 2.48. The molecule has 2 atom stereocenters. The number of nitrogens with zero attached hydrogens (tertiary/aromatic N) is 2. The van der Waals surface area contributed by atoms with E-state index in [0.717, 1.165) is 25.5 Å². The van der Waals surface area contributed by atoms with Gasteiger partial charge in [-0.3, -0.25) is 4.79 Å². The van der Waals surface area contributed by atoms with E-state index in [1.165, 1.54) is 0 Å². The first-order valence-electron chi connectivity index (χ1n) is 9.12. The van der Waals surface area contributed by atoms with E-state index >= 15 is 0 Å². The normalized spacial score (nSPS) is 23.3. The minimum Gasteiger partial charge on any atom is -0.477 e. The number of aliphatic carboxylic acids is 1. The lowest BCUT2D eigenvalue weighted by Gasteiger charge is -2.28. The Morgan fingerprint density at radius 3 is 2.57 bits per heavy atom. The molecule has 2 aliphatic rings. The summed E-state index contributed by atoms with van der Waals surface area (Å²) >= 11 is 0. The first-order chi connectivity index (χ1) is 13.8. The summed E-state index contributed by atoms with van der Waals surface area (Å²) in [4.78, 5) is 27.0. The zero-order valence-corrected chi connectivity index (χ0v) is 17.1. The number of carboxylic acids is 1. The molecule has 0 bridgehead atoms. The maximum Gasteiger partial charge on any atom is 0.490 e. The van der Waals surface area contributed by atoms with Crippen LogP contribution in [0.1, 0.15) is 19.3 Å². The van der Waals surface area contributed by atoms with E-state index in [4.69, 9.17) is 14.6 Å². The van der Waals surface area contributed by atoms with Gasteiger partial charge in [-0.15, -0.1) is 0 Å². The van der Waals surface area contributed by atoms with E-state index in [9.17, 15) is 26.4 Å². The van der Waals surface area contributed by atoms with Gasteiger partial charge in [0, 0.05) is 37.0 Å². The van der Waals surface area contributed by atoms with Crippen LogP contribution in [0.25, 0.3) is 0 Å². The van der Waals surface area contributed by atoms with E-state index < -0.39 is 27.7 Å². The van der Waals surface area contributed by atoms with Crippen molar-refractivity contribution < 1.29 is 41.0 Å². The fourth-order valence-electron chi connectivity index (χ4n) is 3.81. The van der Waals surface area contributed by atoms with Crippen LogP contribution in [0.15, 0.2) is 24.4 Å². The minimum absolute atomic E-state index is 0.0648. The molecule has 1 aliphatic heterocycles. The monoisotopic (exact) mass is 452 g/mol. The van der Waals surface area contributed by atoms with Crippen LogP contribution in [0.3, 0.4) is 0 Å². The van der Waals surface area contributed by atoms with Gasteiger partial charge in [0.25, 0.3) is 0 Å². The molecule has 1 saturated heterocycles. The summed E-state index contributed by atoms with van der Waals surface area (Å²) < 4.78 is 60.3. The maximum atomic E-state index is 12.2. The summed E-state index contributed by atoms with van der Waals surface area (Å²) in [5, 5.41) is 7.12. The summed E-state index contributed by atoms with van der Waals surface area (Å²) in [6.07, 6.45) is 0.906. The molecular formula is C18H23F3N2O6S. The van der Waals surface area contributed by atoms with E-state index in [-0.39, 0.29) is 11.3 Å². The predicted octanol–water partition coefficient (Wildman–Crippen LogP) is 1.77. The third-order valence-corrected chi connectivity index (χ3v) is 5.94. The van der Waals surface area contributed by atoms with E-state index in [1.54, 1.807) is 11.1 Å². The number of fused-ring (bicyclic) bond motifs is 1. The number of hydrogen-bond donors (Lipinski definition) is 1. The summed E-state index contributed by atoms with van der Waals surface area (Å²) in [7, 11) is -3.29. The van der Waals surface area contributed by atoms with Crippen molar-refractivity contribution in [1.29, 1.82) is 0 Å². The maximum absolute atomic E-state index is 12.2. The molecule has 0 radical (unpaired) electrons. The van der Waals surface area contributed by atoms with Crippen molar-refractivity contribution in [2.24, 2.45) is 11.3 Å². The molecule has 168 valence electrons. The molecule has 2 heterocycles. The third-order valence-electron chi connectivity index (χ3n) is 5.17. The molecule has 2 fully saturated rings. The van der Waals surface area contributed by atoms with Crippen LogP contribution in [0.4, 0.5) is 13.2 Å². The third kappa shape index (κ3) is 6.57. The van der Waals surface area contributed by atoms with Crippen molar-refractivity contribution in [2.75, 3.05) is 31.7 Å². The van der Waals surface area contributed by atoms with Crippen molar-refractivity contribution in [1.82, 2.24) is 9.88 Å². The van der Waals surface area contributed by atoms with E-state index in [1.807, 2.05) is 18.2 Å². The number of alkyl halides is 3. The van der Waals surface area contributed by atoms with Gasteiger partial charge >= 0.3 is 12.1 Å². The molecule has 0 unspecified atom stereocenters. The molecular weight excluding hydrogens is 429 g/mol. The van der Waals surface area contributed by atoms with Crippen LogP contribution in [-0.2, 0) is 19.4 Å². The Bertz CT molecular complexity index is 862.